The monoisotopic (exact) mass is 280 g/mol. The van der Waals surface area contributed by atoms with E-state index in [-0.39, 0.29) is 5.91 Å². The average molecular weight is 280 g/mol. The number of hydrazine groups is 1. The number of benzene rings is 2. The number of amides is 1. The fourth-order valence-corrected chi connectivity index (χ4v) is 2.09. The van der Waals surface area contributed by atoms with Crippen molar-refractivity contribution in [3.8, 4) is 6.07 Å². The number of aryl methyl sites for hydroxylation is 2. The summed E-state index contributed by atoms with van der Waals surface area (Å²) in [6, 6.07) is 12.7. The fraction of sp³-hybridized carbons (Fsp3) is 0.125. The maximum Gasteiger partial charge on any atom is 0.257 e. The Balaban J connectivity index is 2.36. The van der Waals surface area contributed by atoms with Crippen LogP contribution in [0.15, 0.2) is 36.4 Å². The van der Waals surface area contributed by atoms with Crippen molar-refractivity contribution in [2.75, 3.05) is 10.7 Å². The molecule has 0 radical (unpaired) electrons. The molecule has 0 spiro atoms. The van der Waals surface area contributed by atoms with Gasteiger partial charge in [-0.1, -0.05) is 18.2 Å². The van der Waals surface area contributed by atoms with Crippen LogP contribution in [0.3, 0.4) is 0 Å². The molecule has 106 valence electrons. The zero-order valence-corrected chi connectivity index (χ0v) is 11.9. The van der Waals surface area contributed by atoms with Gasteiger partial charge in [-0.25, -0.2) is 0 Å². The molecular weight excluding hydrogens is 264 g/mol. The summed E-state index contributed by atoms with van der Waals surface area (Å²) in [7, 11) is 0. The highest BCUT2D eigenvalue weighted by Crippen LogP contribution is 2.22. The highest BCUT2D eigenvalue weighted by atomic mass is 16.1. The van der Waals surface area contributed by atoms with Crippen LogP contribution in [0.2, 0.25) is 0 Å². The molecule has 2 aromatic rings. The van der Waals surface area contributed by atoms with Crippen LogP contribution in [0.1, 0.15) is 27.0 Å². The van der Waals surface area contributed by atoms with Crippen LogP contribution in [0.25, 0.3) is 0 Å². The third-order valence-electron chi connectivity index (χ3n) is 3.21. The molecule has 0 heterocycles. The Bertz CT molecular complexity index is 732. The lowest BCUT2D eigenvalue weighted by Crippen LogP contribution is -2.18. The van der Waals surface area contributed by atoms with Crippen LogP contribution >= 0.6 is 0 Å². The lowest BCUT2D eigenvalue weighted by Gasteiger charge is -2.12. The Morgan fingerprint density at radius 3 is 2.62 bits per heavy atom. The van der Waals surface area contributed by atoms with Gasteiger partial charge in [0.2, 0.25) is 0 Å². The average Bonchev–Trinajstić information content (AvgIpc) is 2.47. The normalized spacial score (nSPS) is 9.81. The van der Waals surface area contributed by atoms with E-state index >= 15 is 0 Å². The van der Waals surface area contributed by atoms with Gasteiger partial charge in [-0.2, -0.15) is 5.26 Å². The number of hydrogen-bond acceptors (Lipinski definition) is 4. The van der Waals surface area contributed by atoms with Crippen LogP contribution in [0.4, 0.5) is 11.4 Å². The first-order chi connectivity index (χ1) is 10.1. The summed E-state index contributed by atoms with van der Waals surface area (Å²) >= 11 is 0. The summed E-state index contributed by atoms with van der Waals surface area (Å²) < 4.78 is 0. The summed E-state index contributed by atoms with van der Waals surface area (Å²) in [5.74, 6) is 5.13. The number of nitriles is 1. The maximum absolute atomic E-state index is 12.4. The number of nitrogens with two attached hydrogens (primary N) is 1. The first-order valence-corrected chi connectivity index (χ1v) is 6.45. The predicted molar refractivity (Wildman–Crippen MR) is 82.8 cm³/mol. The molecule has 4 N–H and O–H groups in total. The Hall–Kier alpha value is -2.84. The van der Waals surface area contributed by atoms with E-state index in [0.717, 1.165) is 11.1 Å². The molecule has 0 aliphatic heterocycles. The number of hydrogen-bond donors (Lipinski definition) is 3. The summed E-state index contributed by atoms with van der Waals surface area (Å²) in [6.07, 6.45) is 0. The van der Waals surface area contributed by atoms with Crippen LogP contribution in [0.5, 0.6) is 0 Å². The van der Waals surface area contributed by atoms with Crippen LogP contribution in [-0.4, -0.2) is 5.91 Å². The van der Waals surface area contributed by atoms with Crippen molar-refractivity contribution >= 4 is 17.3 Å². The molecule has 2 rings (SSSR count). The van der Waals surface area contributed by atoms with E-state index in [1.807, 2.05) is 26.0 Å². The van der Waals surface area contributed by atoms with Gasteiger partial charge in [-0.3, -0.25) is 10.6 Å². The summed E-state index contributed by atoms with van der Waals surface area (Å²) in [6.45, 7) is 3.74. The number of rotatable bonds is 3. The molecule has 0 atom stereocenters. The zero-order chi connectivity index (χ0) is 15.4. The van der Waals surface area contributed by atoms with Gasteiger partial charge in [0.15, 0.2) is 0 Å². The Labute approximate surface area is 123 Å². The molecule has 0 saturated heterocycles. The molecule has 0 aliphatic carbocycles. The number of nitrogen functional groups attached to an aromatic ring is 1. The number of anilines is 2. The lowest BCUT2D eigenvalue weighted by atomic mass is 10.1. The molecule has 21 heavy (non-hydrogen) atoms. The minimum Gasteiger partial charge on any atom is -0.323 e. The number of carbonyl (C=O) groups is 1. The second-order valence-electron chi connectivity index (χ2n) is 4.76. The van der Waals surface area contributed by atoms with Crippen molar-refractivity contribution in [1.29, 1.82) is 5.26 Å². The quantitative estimate of drug-likeness (QED) is 0.595. The highest BCUT2D eigenvalue weighted by molar-refractivity contribution is 6.08. The third kappa shape index (κ3) is 3.02. The second-order valence-corrected chi connectivity index (χ2v) is 4.76. The van der Waals surface area contributed by atoms with Gasteiger partial charge >= 0.3 is 0 Å². The molecule has 2 aromatic carbocycles. The fourth-order valence-electron chi connectivity index (χ4n) is 2.09. The van der Waals surface area contributed by atoms with Gasteiger partial charge in [0.05, 0.1) is 22.5 Å². The predicted octanol–water partition coefficient (Wildman–Crippen LogP) is 2.71. The first kappa shape index (κ1) is 14.6. The SMILES string of the molecule is Cc1ccc(C(=O)Nc2cccc(C)c2C#N)c(NN)c1. The van der Waals surface area contributed by atoms with E-state index in [0.29, 0.717) is 22.5 Å². The molecular formula is C16H16N4O. The topological polar surface area (TPSA) is 90.9 Å². The van der Waals surface area contributed by atoms with Gasteiger partial charge in [0, 0.05) is 0 Å². The Morgan fingerprint density at radius 1 is 1.19 bits per heavy atom. The molecule has 0 fully saturated rings. The molecule has 1 amide bonds. The standard InChI is InChI=1S/C16H16N4O/c1-10-6-7-12(15(8-10)20-18)16(21)19-14-5-3-4-11(2)13(14)9-17/h3-8,20H,18H2,1-2H3,(H,19,21). The highest BCUT2D eigenvalue weighted by Gasteiger charge is 2.13. The molecule has 0 aliphatic rings. The molecule has 5 nitrogen and oxygen atoms in total. The van der Waals surface area contributed by atoms with E-state index in [2.05, 4.69) is 16.8 Å². The van der Waals surface area contributed by atoms with Gasteiger partial charge in [0.1, 0.15) is 6.07 Å². The van der Waals surface area contributed by atoms with Gasteiger partial charge < -0.3 is 10.7 Å². The molecule has 0 saturated carbocycles. The van der Waals surface area contributed by atoms with E-state index in [9.17, 15) is 10.1 Å². The zero-order valence-electron chi connectivity index (χ0n) is 11.9. The van der Waals surface area contributed by atoms with E-state index in [4.69, 9.17) is 5.84 Å². The van der Waals surface area contributed by atoms with Crippen molar-refractivity contribution < 1.29 is 4.79 Å². The maximum atomic E-state index is 12.4. The van der Waals surface area contributed by atoms with E-state index in [1.54, 1.807) is 24.3 Å². The van der Waals surface area contributed by atoms with E-state index < -0.39 is 0 Å². The minimum absolute atomic E-state index is 0.315. The smallest absolute Gasteiger partial charge is 0.257 e. The first-order valence-electron chi connectivity index (χ1n) is 6.45. The van der Waals surface area contributed by atoms with Crippen molar-refractivity contribution in [2.24, 2.45) is 5.84 Å². The van der Waals surface area contributed by atoms with Crippen LogP contribution < -0.4 is 16.6 Å². The van der Waals surface area contributed by atoms with Crippen molar-refractivity contribution in [1.82, 2.24) is 0 Å². The number of nitrogens with one attached hydrogen (secondary N) is 2. The molecule has 0 aromatic heterocycles. The molecule has 0 bridgehead atoms. The van der Waals surface area contributed by atoms with Gasteiger partial charge in [-0.15, -0.1) is 0 Å². The summed E-state index contributed by atoms with van der Waals surface area (Å²) in [4.78, 5) is 12.4. The number of nitrogens with zero attached hydrogens (tertiary/aromatic N) is 1. The largest absolute Gasteiger partial charge is 0.323 e. The number of carbonyl (C=O) groups excluding carboxylic acids is 1. The van der Waals surface area contributed by atoms with Gasteiger partial charge in [0.25, 0.3) is 5.91 Å². The van der Waals surface area contributed by atoms with Gasteiger partial charge in [-0.05, 0) is 43.2 Å². The lowest BCUT2D eigenvalue weighted by molar-refractivity contribution is 0.102. The Morgan fingerprint density at radius 2 is 1.95 bits per heavy atom. The van der Waals surface area contributed by atoms with Crippen LogP contribution in [0, 0.1) is 25.2 Å². The second kappa shape index (κ2) is 6.07. The van der Waals surface area contributed by atoms with E-state index in [1.165, 1.54) is 0 Å². The molecule has 5 heteroatoms. The molecule has 0 unspecified atom stereocenters. The Kier molecular flexibility index (Phi) is 4.21. The van der Waals surface area contributed by atoms with Crippen molar-refractivity contribution in [2.45, 2.75) is 13.8 Å². The minimum atomic E-state index is -0.315. The van der Waals surface area contributed by atoms with Crippen LogP contribution in [-0.2, 0) is 0 Å². The van der Waals surface area contributed by atoms with Crippen molar-refractivity contribution in [3.63, 3.8) is 0 Å². The summed E-state index contributed by atoms with van der Waals surface area (Å²) in [5.41, 5.74) is 6.24. The van der Waals surface area contributed by atoms with Crippen molar-refractivity contribution in [3.05, 3.63) is 58.7 Å². The summed E-state index contributed by atoms with van der Waals surface area (Å²) in [5, 5.41) is 11.9. The third-order valence-corrected chi connectivity index (χ3v) is 3.21.